The summed E-state index contributed by atoms with van der Waals surface area (Å²) in [5.74, 6) is -1.81. The Morgan fingerprint density at radius 3 is 2.35 bits per heavy atom. The van der Waals surface area contributed by atoms with Gasteiger partial charge in [0.2, 0.25) is 0 Å². The molecule has 0 bridgehead atoms. The fourth-order valence-corrected chi connectivity index (χ4v) is 2.35. The number of imidazole rings is 1. The Labute approximate surface area is 127 Å². The van der Waals surface area contributed by atoms with E-state index in [1.165, 1.54) is 14.1 Å². The van der Waals surface area contributed by atoms with Crippen molar-refractivity contribution >= 4 is 11.2 Å². The molecule has 0 saturated heterocycles. The first-order chi connectivity index (χ1) is 10.8. The van der Waals surface area contributed by atoms with Crippen LogP contribution < -0.4 is 11.2 Å². The predicted molar refractivity (Wildman–Crippen MR) is 77.9 cm³/mol. The van der Waals surface area contributed by atoms with E-state index in [1.54, 1.807) is 0 Å². The highest BCUT2D eigenvalue weighted by Gasteiger charge is 2.17. The summed E-state index contributed by atoms with van der Waals surface area (Å²) in [6.07, 6.45) is 0. The van der Waals surface area contributed by atoms with Crippen molar-refractivity contribution in [2.75, 3.05) is 0 Å². The molecule has 9 heteroatoms. The van der Waals surface area contributed by atoms with Gasteiger partial charge in [0.05, 0.1) is 6.61 Å². The monoisotopic (exact) mass is 322 g/mol. The first-order valence-electron chi connectivity index (χ1n) is 6.60. The summed E-state index contributed by atoms with van der Waals surface area (Å²) < 4.78 is 29.6. The lowest BCUT2D eigenvalue weighted by Gasteiger charge is -2.03. The van der Waals surface area contributed by atoms with Crippen molar-refractivity contribution in [3.63, 3.8) is 0 Å². The molecule has 2 N–H and O–H groups in total. The van der Waals surface area contributed by atoms with Gasteiger partial charge in [0.1, 0.15) is 23.0 Å². The SMILES string of the molecule is Cn1c(=O)c2[nH]c(-c3cc(F)c(CO)c(F)c3)nc2n(C)c1=O. The molecule has 120 valence electrons. The number of H-pyrrole nitrogens is 1. The van der Waals surface area contributed by atoms with Crippen LogP contribution in [-0.4, -0.2) is 24.2 Å². The number of aliphatic hydroxyl groups excluding tert-OH is 1. The zero-order valence-electron chi connectivity index (χ0n) is 12.2. The van der Waals surface area contributed by atoms with E-state index in [1.807, 2.05) is 0 Å². The minimum absolute atomic E-state index is 0.0422. The van der Waals surface area contributed by atoms with Gasteiger partial charge in [-0.05, 0) is 12.1 Å². The van der Waals surface area contributed by atoms with Gasteiger partial charge in [-0.2, -0.15) is 0 Å². The number of aryl methyl sites for hydroxylation is 1. The molecule has 0 aliphatic heterocycles. The van der Waals surface area contributed by atoms with Crippen LogP contribution in [0.3, 0.4) is 0 Å². The Morgan fingerprint density at radius 1 is 1.17 bits per heavy atom. The van der Waals surface area contributed by atoms with E-state index >= 15 is 0 Å². The maximum absolute atomic E-state index is 13.8. The van der Waals surface area contributed by atoms with Crippen LogP contribution in [0.4, 0.5) is 8.78 Å². The average Bonchev–Trinajstić information content (AvgIpc) is 2.96. The van der Waals surface area contributed by atoms with E-state index in [0.717, 1.165) is 21.3 Å². The van der Waals surface area contributed by atoms with Crippen molar-refractivity contribution in [2.24, 2.45) is 14.1 Å². The topological polar surface area (TPSA) is 92.9 Å². The smallest absolute Gasteiger partial charge is 0.332 e. The van der Waals surface area contributed by atoms with Crippen molar-refractivity contribution in [3.8, 4) is 11.4 Å². The molecule has 0 unspecified atom stereocenters. The minimum Gasteiger partial charge on any atom is -0.391 e. The summed E-state index contributed by atoms with van der Waals surface area (Å²) in [5, 5.41) is 8.92. The Morgan fingerprint density at radius 2 is 1.78 bits per heavy atom. The molecule has 1 aromatic carbocycles. The zero-order valence-corrected chi connectivity index (χ0v) is 12.2. The molecule has 2 aromatic heterocycles. The van der Waals surface area contributed by atoms with Gasteiger partial charge < -0.3 is 10.1 Å². The van der Waals surface area contributed by atoms with Gasteiger partial charge in [0.25, 0.3) is 5.56 Å². The number of nitrogens with one attached hydrogen (secondary N) is 1. The van der Waals surface area contributed by atoms with E-state index in [0.29, 0.717) is 0 Å². The highest BCUT2D eigenvalue weighted by molar-refractivity contribution is 5.75. The number of nitrogens with zero attached hydrogens (tertiary/aromatic N) is 3. The number of aromatic amines is 1. The zero-order chi connectivity index (χ0) is 16.9. The highest BCUT2D eigenvalue weighted by Crippen LogP contribution is 2.23. The summed E-state index contributed by atoms with van der Waals surface area (Å²) in [6.45, 7) is -0.771. The molecule has 2 heterocycles. The van der Waals surface area contributed by atoms with Crippen LogP contribution >= 0.6 is 0 Å². The van der Waals surface area contributed by atoms with Crippen LogP contribution in [0.1, 0.15) is 5.56 Å². The molecule has 0 aliphatic carbocycles. The number of fused-ring (bicyclic) bond motifs is 1. The highest BCUT2D eigenvalue weighted by atomic mass is 19.1. The Bertz CT molecular complexity index is 1030. The first-order valence-corrected chi connectivity index (χ1v) is 6.60. The molecule has 3 rings (SSSR count). The third-order valence-corrected chi connectivity index (χ3v) is 3.67. The lowest BCUT2D eigenvalue weighted by atomic mass is 10.1. The van der Waals surface area contributed by atoms with Crippen molar-refractivity contribution in [1.29, 1.82) is 0 Å². The minimum atomic E-state index is -0.926. The number of hydrogen-bond donors (Lipinski definition) is 2. The van der Waals surface area contributed by atoms with Crippen LogP contribution in [0.25, 0.3) is 22.6 Å². The van der Waals surface area contributed by atoms with Crippen LogP contribution in [-0.2, 0) is 20.7 Å². The molecule has 0 radical (unpaired) electrons. The second-order valence-corrected chi connectivity index (χ2v) is 5.07. The van der Waals surface area contributed by atoms with Gasteiger partial charge in [-0.15, -0.1) is 0 Å². The van der Waals surface area contributed by atoms with E-state index in [2.05, 4.69) is 9.97 Å². The normalized spacial score (nSPS) is 11.3. The maximum Gasteiger partial charge on any atom is 0.332 e. The molecular weight excluding hydrogens is 310 g/mol. The van der Waals surface area contributed by atoms with Crippen LogP contribution in [0.15, 0.2) is 21.7 Å². The second kappa shape index (κ2) is 5.13. The first kappa shape index (κ1) is 15.1. The van der Waals surface area contributed by atoms with Gasteiger partial charge in [0.15, 0.2) is 5.65 Å². The Hall–Kier alpha value is -2.81. The van der Waals surface area contributed by atoms with Gasteiger partial charge in [-0.25, -0.2) is 18.6 Å². The van der Waals surface area contributed by atoms with E-state index in [9.17, 15) is 18.4 Å². The van der Waals surface area contributed by atoms with Crippen LogP contribution in [0.5, 0.6) is 0 Å². The maximum atomic E-state index is 13.8. The second-order valence-electron chi connectivity index (χ2n) is 5.07. The summed E-state index contributed by atoms with van der Waals surface area (Å²) >= 11 is 0. The number of benzene rings is 1. The molecule has 0 amide bonds. The van der Waals surface area contributed by atoms with Crippen molar-refractivity contribution in [2.45, 2.75) is 6.61 Å². The largest absolute Gasteiger partial charge is 0.391 e. The lowest BCUT2D eigenvalue weighted by Crippen LogP contribution is -2.36. The Kier molecular flexibility index (Phi) is 3.37. The van der Waals surface area contributed by atoms with Gasteiger partial charge in [0, 0.05) is 25.2 Å². The van der Waals surface area contributed by atoms with Crippen LogP contribution in [0.2, 0.25) is 0 Å². The van der Waals surface area contributed by atoms with Crippen molar-refractivity contribution in [3.05, 3.63) is 50.2 Å². The molecule has 7 nitrogen and oxygen atoms in total. The van der Waals surface area contributed by atoms with E-state index < -0.39 is 35.1 Å². The van der Waals surface area contributed by atoms with E-state index in [4.69, 9.17) is 5.11 Å². The number of rotatable bonds is 2. The molecule has 0 atom stereocenters. The van der Waals surface area contributed by atoms with Gasteiger partial charge in [-0.1, -0.05) is 0 Å². The predicted octanol–water partition coefficient (Wildman–Crippen LogP) is 0.398. The van der Waals surface area contributed by atoms with Crippen LogP contribution in [0, 0.1) is 11.6 Å². The summed E-state index contributed by atoms with van der Waals surface area (Å²) in [6, 6.07) is 1.99. The van der Waals surface area contributed by atoms with Crippen molar-refractivity contribution < 1.29 is 13.9 Å². The fraction of sp³-hybridized carbons (Fsp3) is 0.214. The van der Waals surface area contributed by atoms with E-state index in [-0.39, 0.29) is 22.6 Å². The lowest BCUT2D eigenvalue weighted by molar-refractivity contribution is 0.269. The number of aliphatic hydroxyl groups is 1. The summed E-state index contributed by atoms with van der Waals surface area (Å²) in [7, 11) is 2.75. The van der Waals surface area contributed by atoms with Gasteiger partial charge >= 0.3 is 5.69 Å². The molecule has 0 aliphatic rings. The third-order valence-electron chi connectivity index (χ3n) is 3.67. The summed E-state index contributed by atoms with van der Waals surface area (Å²) in [5.41, 5.74) is -1.41. The quantitative estimate of drug-likeness (QED) is 0.714. The molecule has 0 fully saturated rings. The van der Waals surface area contributed by atoms with Crippen molar-refractivity contribution in [1.82, 2.24) is 19.1 Å². The van der Waals surface area contributed by atoms with Gasteiger partial charge in [-0.3, -0.25) is 13.9 Å². The molecule has 23 heavy (non-hydrogen) atoms. The molecule has 3 aromatic rings. The number of halogens is 2. The fourth-order valence-electron chi connectivity index (χ4n) is 2.35. The Balaban J connectivity index is 2.31. The molecule has 0 saturated carbocycles. The standard InChI is InChI=1S/C14H12F2N4O3/c1-19-12-10(13(22)20(2)14(19)23)17-11(18-12)6-3-8(15)7(5-21)9(16)4-6/h3-4,21H,5H2,1-2H3,(H,17,18). The molecular formula is C14H12F2N4O3. The average molecular weight is 322 g/mol. The summed E-state index contributed by atoms with van der Waals surface area (Å²) in [4.78, 5) is 30.7. The third kappa shape index (κ3) is 2.16. The molecule has 0 spiro atoms. The number of aromatic nitrogens is 4. The number of hydrogen-bond acceptors (Lipinski definition) is 4.